The molecule has 18 heavy (non-hydrogen) atoms. The van der Waals surface area contributed by atoms with Gasteiger partial charge in [0.25, 0.3) is 0 Å². The van der Waals surface area contributed by atoms with Crippen molar-refractivity contribution in [3.05, 3.63) is 51.0 Å². The Morgan fingerprint density at radius 1 is 1.22 bits per heavy atom. The summed E-state index contributed by atoms with van der Waals surface area (Å²) in [6.07, 6.45) is 1.28. The summed E-state index contributed by atoms with van der Waals surface area (Å²) in [6, 6.07) is 5.90. The van der Waals surface area contributed by atoms with Gasteiger partial charge in [0.05, 0.1) is 5.01 Å². The predicted molar refractivity (Wildman–Crippen MR) is 75.4 cm³/mol. The number of rotatable bonds is 4. The zero-order chi connectivity index (χ0) is 13.1. The SMILES string of the molecule is Cc1csc(CCC(=O)c2ccc(C)c(C)c2)n1. The maximum atomic E-state index is 12.1. The van der Waals surface area contributed by atoms with Gasteiger partial charge < -0.3 is 0 Å². The number of benzene rings is 1. The molecule has 0 atom stereocenters. The summed E-state index contributed by atoms with van der Waals surface area (Å²) in [7, 11) is 0. The molecule has 0 radical (unpaired) electrons. The molecule has 0 spiro atoms. The number of hydrogen-bond acceptors (Lipinski definition) is 3. The molecule has 0 saturated carbocycles. The van der Waals surface area contributed by atoms with Gasteiger partial charge in [0, 0.05) is 29.5 Å². The van der Waals surface area contributed by atoms with E-state index < -0.39 is 0 Å². The van der Waals surface area contributed by atoms with E-state index in [2.05, 4.69) is 11.9 Å². The van der Waals surface area contributed by atoms with E-state index in [1.165, 1.54) is 11.1 Å². The summed E-state index contributed by atoms with van der Waals surface area (Å²) in [5.74, 6) is 0.200. The molecule has 0 amide bonds. The lowest BCUT2D eigenvalue weighted by Gasteiger charge is -2.04. The number of nitrogens with zero attached hydrogens (tertiary/aromatic N) is 1. The Bertz CT molecular complexity index is 572. The fourth-order valence-electron chi connectivity index (χ4n) is 1.80. The van der Waals surface area contributed by atoms with Crippen molar-refractivity contribution in [1.82, 2.24) is 4.98 Å². The first-order chi connectivity index (χ1) is 8.56. The molecule has 0 N–H and O–H groups in total. The van der Waals surface area contributed by atoms with Crippen LogP contribution in [0.5, 0.6) is 0 Å². The van der Waals surface area contributed by atoms with Gasteiger partial charge in [-0.25, -0.2) is 4.98 Å². The molecule has 2 aromatic rings. The molecule has 0 unspecified atom stereocenters. The molecule has 94 valence electrons. The molecule has 0 fully saturated rings. The van der Waals surface area contributed by atoms with Crippen molar-refractivity contribution in [2.75, 3.05) is 0 Å². The van der Waals surface area contributed by atoms with Crippen LogP contribution in [0.15, 0.2) is 23.6 Å². The molecular weight excluding hydrogens is 242 g/mol. The number of aryl methyl sites for hydroxylation is 4. The third-order valence-corrected chi connectivity index (χ3v) is 4.09. The lowest BCUT2D eigenvalue weighted by Crippen LogP contribution is -2.02. The van der Waals surface area contributed by atoms with Gasteiger partial charge in [-0.2, -0.15) is 0 Å². The number of aromatic nitrogens is 1. The van der Waals surface area contributed by atoms with Gasteiger partial charge in [0.2, 0.25) is 0 Å². The van der Waals surface area contributed by atoms with Crippen LogP contribution < -0.4 is 0 Å². The number of carbonyl (C=O) groups excluding carboxylic acids is 1. The summed E-state index contributed by atoms with van der Waals surface area (Å²) in [5.41, 5.74) is 4.24. The van der Waals surface area contributed by atoms with Crippen LogP contribution in [0.3, 0.4) is 0 Å². The number of ketones is 1. The topological polar surface area (TPSA) is 30.0 Å². The van der Waals surface area contributed by atoms with Gasteiger partial charge in [-0.3, -0.25) is 4.79 Å². The Morgan fingerprint density at radius 3 is 2.61 bits per heavy atom. The third-order valence-electron chi connectivity index (χ3n) is 3.06. The van der Waals surface area contributed by atoms with Crippen LogP contribution in [0, 0.1) is 20.8 Å². The van der Waals surface area contributed by atoms with Gasteiger partial charge in [-0.1, -0.05) is 12.1 Å². The minimum Gasteiger partial charge on any atom is -0.294 e. The largest absolute Gasteiger partial charge is 0.294 e. The maximum absolute atomic E-state index is 12.1. The highest BCUT2D eigenvalue weighted by atomic mass is 32.1. The van der Waals surface area contributed by atoms with Crippen molar-refractivity contribution >= 4 is 17.1 Å². The minimum absolute atomic E-state index is 0.200. The molecule has 0 aliphatic heterocycles. The van der Waals surface area contributed by atoms with Crippen LogP contribution in [0.4, 0.5) is 0 Å². The molecule has 2 nitrogen and oxygen atoms in total. The molecule has 3 heteroatoms. The van der Waals surface area contributed by atoms with Crippen molar-refractivity contribution in [3.63, 3.8) is 0 Å². The molecule has 0 aliphatic carbocycles. The first-order valence-electron chi connectivity index (χ1n) is 6.07. The van der Waals surface area contributed by atoms with Crippen LogP contribution in [-0.4, -0.2) is 10.8 Å². The highest BCUT2D eigenvalue weighted by molar-refractivity contribution is 7.09. The summed E-state index contributed by atoms with van der Waals surface area (Å²) in [4.78, 5) is 16.4. The summed E-state index contributed by atoms with van der Waals surface area (Å²) in [5, 5.41) is 3.07. The van der Waals surface area contributed by atoms with Crippen molar-refractivity contribution in [2.45, 2.75) is 33.6 Å². The van der Waals surface area contributed by atoms with E-state index in [1.54, 1.807) is 11.3 Å². The molecule has 1 heterocycles. The Hall–Kier alpha value is -1.48. The Kier molecular flexibility index (Phi) is 3.92. The van der Waals surface area contributed by atoms with E-state index in [1.807, 2.05) is 37.4 Å². The Morgan fingerprint density at radius 2 is 2.00 bits per heavy atom. The average Bonchev–Trinajstić information content (AvgIpc) is 2.75. The van der Waals surface area contributed by atoms with Gasteiger partial charge in [0.1, 0.15) is 0 Å². The van der Waals surface area contributed by atoms with Gasteiger partial charge in [0.15, 0.2) is 5.78 Å². The van der Waals surface area contributed by atoms with Crippen molar-refractivity contribution in [3.8, 4) is 0 Å². The lowest BCUT2D eigenvalue weighted by molar-refractivity contribution is 0.0982. The van der Waals surface area contributed by atoms with Crippen molar-refractivity contribution in [2.24, 2.45) is 0 Å². The van der Waals surface area contributed by atoms with Crippen molar-refractivity contribution < 1.29 is 4.79 Å². The highest BCUT2D eigenvalue weighted by Gasteiger charge is 2.08. The molecule has 1 aromatic carbocycles. The maximum Gasteiger partial charge on any atom is 0.163 e. The first-order valence-corrected chi connectivity index (χ1v) is 6.95. The average molecular weight is 259 g/mol. The minimum atomic E-state index is 0.200. The standard InChI is InChI=1S/C15H17NOS/c1-10-4-5-13(8-11(10)2)14(17)6-7-15-16-12(3)9-18-15/h4-5,8-9H,6-7H2,1-3H3. The molecular formula is C15H17NOS. The fraction of sp³-hybridized carbons (Fsp3) is 0.333. The lowest BCUT2D eigenvalue weighted by atomic mass is 10.0. The zero-order valence-corrected chi connectivity index (χ0v) is 11.8. The van der Waals surface area contributed by atoms with Gasteiger partial charge in [-0.05, 0) is 38.0 Å². The summed E-state index contributed by atoms with van der Waals surface area (Å²) in [6.45, 7) is 6.07. The second-order valence-electron chi connectivity index (χ2n) is 4.60. The van der Waals surface area contributed by atoms with Crippen LogP contribution >= 0.6 is 11.3 Å². The van der Waals surface area contributed by atoms with E-state index in [0.717, 1.165) is 22.7 Å². The fourth-order valence-corrected chi connectivity index (χ4v) is 2.57. The molecule has 1 aromatic heterocycles. The number of carbonyl (C=O) groups is 1. The smallest absolute Gasteiger partial charge is 0.163 e. The monoisotopic (exact) mass is 259 g/mol. The normalized spacial score (nSPS) is 10.6. The number of Topliss-reactive ketones (excluding diaryl/α,β-unsaturated/α-hetero) is 1. The second-order valence-corrected chi connectivity index (χ2v) is 5.55. The van der Waals surface area contributed by atoms with Crippen LogP contribution in [0.25, 0.3) is 0 Å². The molecule has 2 rings (SSSR count). The van der Waals surface area contributed by atoms with Gasteiger partial charge in [-0.15, -0.1) is 11.3 Å². The first kappa shape index (κ1) is 13.0. The third kappa shape index (κ3) is 3.05. The molecule has 0 saturated heterocycles. The van der Waals surface area contributed by atoms with Crippen LogP contribution in [0.1, 0.15) is 38.6 Å². The number of hydrogen-bond donors (Lipinski definition) is 0. The van der Waals surface area contributed by atoms with E-state index in [-0.39, 0.29) is 5.78 Å². The second kappa shape index (κ2) is 5.44. The Balaban J connectivity index is 2.01. The quantitative estimate of drug-likeness (QED) is 0.780. The van der Waals surface area contributed by atoms with Gasteiger partial charge >= 0.3 is 0 Å². The Labute approximate surface area is 112 Å². The predicted octanol–water partition coefficient (Wildman–Crippen LogP) is 3.88. The van der Waals surface area contributed by atoms with Crippen LogP contribution in [-0.2, 0) is 6.42 Å². The van der Waals surface area contributed by atoms with E-state index >= 15 is 0 Å². The van der Waals surface area contributed by atoms with E-state index in [9.17, 15) is 4.79 Å². The number of thiazole rings is 1. The van der Waals surface area contributed by atoms with E-state index in [0.29, 0.717) is 6.42 Å². The molecule has 0 aliphatic rings. The summed E-state index contributed by atoms with van der Waals surface area (Å²) >= 11 is 1.63. The zero-order valence-electron chi connectivity index (χ0n) is 11.0. The molecule has 0 bridgehead atoms. The summed E-state index contributed by atoms with van der Waals surface area (Å²) < 4.78 is 0. The highest BCUT2D eigenvalue weighted by Crippen LogP contribution is 2.15. The van der Waals surface area contributed by atoms with Crippen molar-refractivity contribution in [1.29, 1.82) is 0 Å². The van der Waals surface area contributed by atoms with Crippen LogP contribution in [0.2, 0.25) is 0 Å². The van der Waals surface area contributed by atoms with E-state index in [4.69, 9.17) is 0 Å².